The van der Waals surface area contributed by atoms with Crippen molar-refractivity contribution in [2.45, 2.75) is 19.4 Å². The summed E-state index contributed by atoms with van der Waals surface area (Å²) in [6.07, 6.45) is 1.28. The third kappa shape index (κ3) is 1.50. The van der Waals surface area contributed by atoms with Crippen molar-refractivity contribution < 1.29 is 0 Å². The van der Waals surface area contributed by atoms with Crippen LogP contribution in [-0.4, -0.2) is 38.1 Å². The quantitative estimate of drug-likeness (QED) is 0.619. The molecule has 60 valence electrons. The summed E-state index contributed by atoms with van der Waals surface area (Å²) in [5, 5.41) is 3.30. The minimum Gasteiger partial charge on any atom is -0.316 e. The Morgan fingerprint density at radius 3 is 2.20 bits per heavy atom. The Morgan fingerprint density at radius 1 is 1.50 bits per heavy atom. The fraction of sp³-hybridized carbons (Fsp3) is 1.00. The second-order valence-corrected chi connectivity index (χ2v) is 3.36. The van der Waals surface area contributed by atoms with Gasteiger partial charge in [-0.05, 0) is 26.4 Å². The average molecular weight is 142 g/mol. The highest BCUT2D eigenvalue weighted by Gasteiger charge is 2.26. The summed E-state index contributed by atoms with van der Waals surface area (Å²) in [6.45, 7) is 4.70. The molecule has 1 fully saturated rings. The minimum atomic E-state index is 0.793. The molecule has 0 amide bonds. The summed E-state index contributed by atoms with van der Waals surface area (Å²) < 4.78 is 0. The molecule has 0 aromatic heterocycles. The molecule has 1 unspecified atom stereocenters. The van der Waals surface area contributed by atoms with Crippen molar-refractivity contribution in [1.82, 2.24) is 10.2 Å². The first kappa shape index (κ1) is 8.02. The highest BCUT2D eigenvalue weighted by atomic mass is 15.1. The smallest absolute Gasteiger partial charge is 0.0139 e. The highest BCUT2D eigenvalue weighted by molar-refractivity contribution is 4.85. The molecule has 1 aliphatic heterocycles. The average Bonchev–Trinajstić information content (AvgIpc) is 1.76. The molecule has 0 aliphatic carbocycles. The Morgan fingerprint density at radius 2 is 2.10 bits per heavy atom. The van der Waals surface area contributed by atoms with Crippen LogP contribution >= 0.6 is 0 Å². The van der Waals surface area contributed by atoms with Gasteiger partial charge in [-0.25, -0.2) is 0 Å². The normalized spacial score (nSPS) is 22.8. The first-order chi connectivity index (χ1) is 4.75. The number of hydrogen-bond acceptors (Lipinski definition) is 2. The van der Waals surface area contributed by atoms with E-state index in [2.05, 4.69) is 31.2 Å². The number of nitrogens with zero attached hydrogens (tertiary/aromatic N) is 1. The van der Waals surface area contributed by atoms with Crippen LogP contribution in [0.4, 0.5) is 0 Å². The maximum Gasteiger partial charge on any atom is 0.0139 e. The molecule has 1 N–H and O–H groups in total. The maximum absolute atomic E-state index is 3.30. The van der Waals surface area contributed by atoms with E-state index in [-0.39, 0.29) is 0 Å². The van der Waals surface area contributed by atoms with Crippen molar-refractivity contribution in [3.05, 3.63) is 0 Å². The van der Waals surface area contributed by atoms with E-state index in [1.165, 1.54) is 19.5 Å². The molecule has 1 aliphatic rings. The van der Waals surface area contributed by atoms with Crippen LogP contribution in [0.2, 0.25) is 0 Å². The summed E-state index contributed by atoms with van der Waals surface area (Å²) in [5.74, 6) is 0.903. The van der Waals surface area contributed by atoms with Gasteiger partial charge in [-0.1, -0.05) is 6.92 Å². The summed E-state index contributed by atoms with van der Waals surface area (Å²) in [4.78, 5) is 2.34. The van der Waals surface area contributed by atoms with E-state index in [0.29, 0.717) is 0 Å². The van der Waals surface area contributed by atoms with Gasteiger partial charge in [-0.15, -0.1) is 0 Å². The molecule has 10 heavy (non-hydrogen) atoms. The van der Waals surface area contributed by atoms with E-state index in [1.807, 2.05) is 0 Å². The fourth-order valence-corrected chi connectivity index (χ4v) is 1.70. The molecule has 0 bridgehead atoms. The molecule has 1 atom stereocenters. The van der Waals surface area contributed by atoms with E-state index >= 15 is 0 Å². The second kappa shape index (κ2) is 3.35. The molecular formula is C8H18N2. The number of hydrogen-bond donors (Lipinski definition) is 1. The van der Waals surface area contributed by atoms with Crippen molar-refractivity contribution in [3.8, 4) is 0 Å². The van der Waals surface area contributed by atoms with Crippen molar-refractivity contribution in [3.63, 3.8) is 0 Å². The first-order valence-electron chi connectivity index (χ1n) is 4.12. The Kier molecular flexibility index (Phi) is 2.69. The Labute approximate surface area is 63.6 Å². The summed E-state index contributed by atoms with van der Waals surface area (Å²) in [5.41, 5.74) is 0. The Balaban J connectivity index is 2.31. The van der Waals surface area contributed by atoms with Gasteiger partial charge in [0.1, 0.15) is 0 Å². The molecule has 0 spiro atoms. The molecule has 0 radical (unpaired) electrons. The van der Waals surface area contributed by atoms with E-state index < -0.39 is 0 Å². The molecule has 1 heterocycles. The fourth-order valence-electron chi connectivity index (χ4n) is 1.70. The Bertz CT molecular complexity index is 97.4. The van der Waals surface area contributed by atoms with Gasteiger partial charge in [0.2, 0.25) is 0 Å². The zero-order valence-corrected chi connectivity index (χ0v) is 7.22. The van der Waals surface area contributed by atoms with E-state index in [0.717, 1.165) is 12.0 Å². The third-order valence-electron chi connectivity index (χ3n) is 2.44. The lowest BCUT2D eigenvalue weighted by Gasteiger charge is -2.38. The largest absolute Gasteiger partial charge is 0.316 e. The van der Waals surface area contributed by atoms with Crippen LogP contribution in [0, 0.1) is 5.92 Å². The van der Waals surface area contributed by atoms with Gasteiger partial charge in [0, 0.05) is 19.1 Å². The monoisotopic (exact) mass is 142 g/mol. The molecule has 0 aromatic rings. The van der Waals surface area contributed by atoms with Crippen LogP contribution in [0.3, 0.4) is 0 Å². The standard InChI is InChI=1S/C8H18N2/c1-4-8(10(2)3)7-5-9-6-7/h7-9H,4-6H2,1-3H3. The highest BCUT2D eigenvalue weighted by Crippen LogP contribution is 2.15. The van der Waals surface area contributed by atoms with E-state index in [1.54, 1.807) is 0 Å². The summed E-state index contributed by atoms with van der Waals surface area (Å²) in [6, 6.07) is 0.793. The number of rotatable bonds is 3. The summed E-state index contributed by atoms with van der Waals surface area (Å²) in [7, 11) is 4.35. The van der Waals surface area contributed by atoms with Gasteiger partial charge in [0.15, 0.2) is 0 Å². The van der Waals surface area contributed by atoms with Crippen LogP contribution in [0.5, 0.6) is 0 Å². The van der Waals surface area contributed by atoms with E-state index in [4.69, 9.17) is 0 Å². The van der Waals surface area contributed by atoms with Gasteiger partial charge < -0.3 is 10.2 Å². The maximum atomic E-state index is 3.30. The molecular weight excluding hydrogens is 124 g/mol. The van der Waals surface area contributed by atoms with Crippen molar-refractivity contribution >= 4 is 0 Å². The third-order valence-corrected chi connectivity index (χ3v) is 2.44. The number of nitrogens with one attached hydrogen (secondary N) is 1. The van der Waals surface area contributed by atoms with Crippen LogP contribution in [-0.2, 0) is 0 Å². The van der Waals surface area contributed by atoms with Gasteiger partial charge in [-0.3, -0.25) is 0 Å². The van der Waals surface area contributed by atoms with Crippen LogP contribution < -0.4 is 5.32 Å². The lowest BCUT2D eigenvalue weighted by atomic mass is 9.91. The molecule has 0 aromatic carbocycles. The van der Waals surface area contributed by atoms with Crippen molar-refractivity contribution in [2.24, 2.45) is 5.92 Å². The zero-order valence-electron chi connectivity index (χ0n) is 7.22. The van der Waals surface area contributed by atoms with Crippen LogP contribution in [0.25, 0.3) is 0 Å². The van der Waals surface area contributed by atoms with Gasteiger partial charge in [0.25, 0.3) is 0 Å². The van der Waals surface area contributed by atoms with Crippen LogP contribution in [0.15, 0.2) is 0 Å². The predicted molar refractivity (Wildman–Crippen MR) is 44.1 cm³/mol. The topological polar surface area (TPSA) is 15.3 Å². The van der Waals surface area contributed by atoms with Crippen LogP contribution in [0.1, 0.15) is 13.3 Å². The Hall–Kier alpha value is -0.0800. The van der Waals surface area contributed by atoms with Gasteiger partial charge in [-0.2, -0.15) is 0 Å². The van der Waals surface area contributed by atoms with Gasteiger partial charge >= 0.3 is 0 Å². The van der Waals surface area contributed by atoms with E-state index in [9.17, 15) is 0 Å². The molecule has 2 heteroatoms. The summed E-state index contributed by atoms with van der Waals surface area (Å²) >= 11 is 0. The predicted octanol–water partition coefficient (Wildman–Crippen LogP) is 0.546. The van der Waals surface area contributed by atoms with Crippen molar-refractivity contribution in [2.75, 3.05) is 27.2 Å². The SMILES string of the molecule is CCC(C1CNC1)N(C)C. The second-order valence-electron chi connectivity index (χ2n) is 3.36. The molecule has 2 nitrogen and oxygen atoms in total. The molecule has 1 saturated heterocycles. The molecule has 1 rings (SSSR count). The first-order valence-corrected chi connectivity index (χ1v) is 4.12. The molecule has 0 saturated carbocycles. The lowest BCUT2D eigenvalue weighted by Crippen LogP contribution is -2.52. The zero-order chi connectivity index (χ0) is 7.56. The lowest BCUT2D eigenvalue weighted by molar-refractivity contribution is 0.155. The minimum absolute atomic E-state index is 0.793. The van der Waals surface area contributed by atoms with Crippen molar-refractivity contribution in [1.29, 1.82) is 0 Å². The van der Waals surface area contributed by atoms with Gasteiger partial charge in [0.05, 0.1) is 0 Å².